The normalized spacial score (nSPS) is 21.7. The van der Waals surface area contributed by atoms with Crippen molar-refractivity contribution in [2.45, 2.75) is 37.5 Å². The van der Waals surface area contributed by atoms with Crippen molar-refractivity contribution < 1.29 is 17.0 Å². The molecule has 0 radical (unpaired) electrons. The first-order chi connectivity index (χ1) is 12.4. The van der Waals surface area contributed by atoms with Crippen molar-refractivity contribution in [2.75, 3.05) is 6.26 Å². The van der Waals surface area contributed by atoms with Crippen LogP contribution in [0.1, 0.15) is 37.0 Å². The molecule has 2 heterocycles. The molecule has 1 aliphatic carbocycles. The molecule has 1 fully saturated rings. The lowest BCUT2D eigenvalue weighted by atomic mass is 9.66. The lowest BCUT2D eigenvalue weighted by Gasteiger charge is -2.35. The molecular weight excluding hydrogens is 354 g/mol. The van der Waals surface area contributed by atoms with E-state index < -0.39 is 15.5 Å². The van der Waals surface area contributed by atoms with Gasteiger partial charge in [0.2, 0.25) is 11.2 Å². The number of hydrogen-bond acceptors (Lipinski definition) is 6. The molecule has 6 nitrogen and oxygen atoms in total. The van der Waals surface area contributed by atoms with Crippen LogP contribution in [-0.4, -0.2) is 20.4 Å². The maximum atomic E-state index is 12.2. The summed E-state index contributed by atoms with van der Waals surface area (Å²) < 4.78 is 33.7. The highest BCUT2D eigenvalue weighted by Crippen LogP contribution is 2.49. The molecule has 7 heteroatoms. The summed E-state index contributed by atoms with van der Waals surface area (Å²) in [5.41, 5.74) is 2.23. The van der Waals surface area contributed by atoms with Gasteiger partial charge in [-0.05, 0) is 30.9 Å². The van der Waals surface area contributed by atoms with Gasteiger partial charge in [0.1, 0.15) is 0 Å². The molecule has 26 heavy (non-hydrogen) atoms. The molecule has 136 valence electrons. The van der Waals surface area contributed by atoms with Gasteiger partial charge in [-0.15, -0.1) is 0 Å². The zero-order valence-corrected chi connectivity index (χ0v) is 15.2. The van der Waals surface area contributed by atoms with Gasteiger partial charge < -0.3 is 8.60 Å². The molecular formula is C19H19NO5S. The molecule has 1 saturated carbocycles. The predicted molar refractivity (Wildman–Crippen MR) is 97.8 cm³/mol. The number of aliphatic imine (C=N–C) groups is 1. The summed E-state index contributed by atoms with van der Waals surface area (Å²) in [6.07, 6.45) is 6.41. The van der Waals surface area contributed by atoms with Crippen LogP contribution in [-0.2, 0) is 22.0 Å². The highest BCUT2D eigenvalue weighted by atomic mass is 32.2. The Morgan fingerprint density at radius 3 is 2.85 bits per heavy atom. The Bertz CT molecular complexity index is 1050. The minimum atomic E-state index is -3.84. The summed E-state index contributed by atoms with van der Waals surface area (Å²) in [6, 6.07) is 9.13. The van der Waals surface area contributed by atoms with Gasteiger partial charge >= 0.3 is 10.1 Å². The number of benzene rings is 1. The fourth-order valence-electron chi connectivity index (χ4n) is 4.04. The Labute approximate surface area is 151 Å². The number of fused-ring (bicyclic) bond motifs is 3. The lowest BCUT2D eigenvalue weighted by molar-refractivity contribution is 0.380. The van der Waals surface area contributed by atoms with Crippen molar-refractivity contribution in [3.8, 4) is 5.75 Å². The molecule has 1 aromatic carbocycles. The van der Waals surface area contributed by atoms with Crippen LogP contribution in [0.25, 0.3) is 0 Å². The molecule has 2 aliphatic rings. The highest BCUT2D eigenvalue weighted by Gasteiger charge is 2.45. The zero-order valence-electron chi connectivity index (χ0n) is 14.4. The number of nitrogens with zero attached hydrogens (tertiary/aromatic N) is 1. The molecule has 0 bridgehead atoms. The number of rotatable bonds is 4. The van der Waals surface area contributed by atoms with Crippen LogP contribution in [0.2, 0.25) is 0 Å². The van der Waals surface area contributed by atoms with Crippen LogP contribution in [0.3, 0.4) is 0 Å². The first kappa shape index (κ1) is 17.0. The van der Waals surface area contributed by atoms with Gasteiger partial charge in [0.05, 0.1) is 18.2 Å². The average molecular weight is 373 g/mol. The van der Waals surface area contributed by atoms with Crippen LogP contribution in [0.15, 0.2) is 50.8 Å². The smallest absolute Gasteiger partial charge is 0.306 e. The van der Waals surface area contributed by atoms with E-state index >= 15 is 0 Å². The van der Waals surface area contributed by atoms with Crippen LogP contribution < -0.4 is 9.61 Å². The van der Waals surface area contributed by atoms with Gasteiger partial charge in [0, 0.05) is 23.6 Å². The molecule has 2 aromatic rings. The van der Waals surface area contributed by atoms with Gasteiger partial charge in [-0.1, -0.05) is 24.6 Å². The second-order valence-electron chi connectivity index (χ2n) is 6.87. The maximum Gasteiger partial charge on any atom is 0.306 e. The summed E-state index contributed by atoms with van der Waals surface area (Å²) in [7, 11) is -3.84. The Kier molecular flexibility index (Phi) is 3.99. The topological polar surface area (TPSA) is 85.9 Å². The van der Waals surface area contributed by atoms with E-state index in [9.17, 15) is 13.2 Å². The van der Waals surface area contributed by atoms with Gasteiger partial charge in [0.15, 0.2) is 5.76 Å². The van der Waals surface area contributed by atoms with Gasteiger partial charge in [-0.2, -0.15) is 8.42 Å². The summed E-state index contributed by atoms with van der Waals surface area (Å²) in [4.78, 5) is 17.0. The van der Waals surface area contributed by atoms with Crippen LogP contribution in [0.5, 0.6) is 5.75 Å². The van der Waals surface area contributed by atoms with E-state index in [1.54, 1.807) is 0 Å². The van der Waals surface area contributed by atoms with Crippen molar-refractivity contribution >= 4 is 21.5 Å². The fraction of sp³-hybridized carbons (Fsp3) is 0.368. The molecule has 4 rings (SSSR count). The van der Waals surface area contributed by atoms with Gasteiger partial charge in [-0.25, -0.2) is 0 Å². The average Bonchev–Trinajstić information content (AvgIpc) is 2.91. The van der Waals surface area contributed by atoms with Crippen LogP contribution in [0.4, 0.5) is 5.69 Å². The molecule has 1 atom stereocenters. The fourth-order valence-corrected chi connectivity index (χ4v) is 4.52. The number of para-hydroxylation sites is 1. The highest BCUT2D eigenvalue weighted by molar-refractivity contribution is 7.86. The second-order valence-corrected chi connectivity index (χ2v) is 8.44. The van der Waals surface area contributed by atoms with E-state index in [1.807, 2.05) is 18.2 Å². The third-order valence-electron chi connectivity index (χ3n) is 5.10. The van der Waals surface area contributed by atoms with Gasteiger partial charge in [0.25, 0.3) is 0 Å². The van der Waals surface area contributed by atoms with E-state index in [4.69, 9.17) is 13.6 Å². The standard InChI is InChI=1S/C19H19NO5S/c1-26(22,23)25-18-15(21)9-11-24-16(18)12-19-10-5-4-8-17(19)20-14-7-3-2-6-13(14)19/h2-3,6-7,9,11H,4-5,8,10,12H2,1H3/t19-/m0/s1. The monoisotopic (exact) mass is 373 g/mol. The Morgan fingerprint density at radius 1 is 1.23 bits per heavy atom. The summed E-state index contributed by atoms with van der Waals surface area (Å²) >= 11 is 0. The minimum absolute atomic E-state index is 0.245. The molecule has 0 saturated heterocycles. The molecule has 0 amide bonds. The molecule has 0 N–H and O–H groups in total. The molecule has 0 spiro atoms. The zero-order chi connectivity index (χ0) is 18.4. The quantitative estimate of drug-likeness (QED) is 0.769. The van der Waals surface area contributed by atoms with Crippen molar-refractivity contribution in [1.29, 1.82) is 0 Å². The van der Waals surface area contributed by atoms with E-state index in [0.29, 0.717) is 6.42 Å². The van der Waals surface area contributed by atoms with E-state index in [1.165, 1.54) is 12.3 Å². The van der Waals surface area contributed by atoms with E-state index in [2.05, 4.69) is 6.07 Å². The van der Waals surface area contributed by atoms with Crippen molar-refractivity contribution in [3.63, 3.8) is 0 Å². The van der Waals surface area contributed by atoms with Gasteiger partial charge in [-0.3, -0.25) is 9.79 Å². The Balaban J connectivity index is 1.83. The Morgan fingerprint density at radius 2 is 2.04 bits per heavy atom. The summed E-state index contributed by atoms with van der Waals surface area (Å²) in [5, 5.41) is 0. The van der Waals surface area contributed by atoms with E-state index in [0.717, 1.165) is 48.9 Å². The molecule has 1 aromatic heterocycles. The van der Waals surface area contributed by atoms with Crippen molar-refractivity contribution in [3.05, 3.63) is 58.1 Å². The largest absolute Gasteiger partial charge is 0.465 e. The van der Waals surface area contributed by atoms with Crippen molar-refractivity contribution in [2.24, 2.45) is 4.99 Å². The predicted octanol–water partition coefficient (Wildman–Crippen LogP) is 3.12. The maximum absolute atomic E-state index is 12.2. The lowest BCUT2D eigenvalue weighted by Crippen LogP contribution is -2.38. The summed E-state index contributed by atoms with van der Waals surface area (Å²) in [5.74, 6) is -0.00657. The first-order valence-corrected chi connectivity index (χ1v) is 10.4. The second kappa shape index (κ2) is 6.09. The molecule has 0 unspecified atom stereocenters. The van der Waals surface area contributed by atoms with Crippen molar-refractivity contribution in [1.82, 2.24) is 0 Å². The Hall–Kier alpha value is -2.41. The van der Waals surface area contributed by atoms with E-state index in [-0.39, 0.29) is 16.9 Å². The third kappa shape index (κ3) is 2.86. The SMILES string of the molecule is CS(=O)(=O)Oc1c(C[C@]23CCCCC2=Nc2ccccc23)occc1=O. The van der Waals surface area contributed by atoms with Crippen LogP contribution in [0, 0.1) is 0 Å². The van der Waals surface area contributed by atoms with Crippen LogP contribution >= 0.6 is 0 Å². The first-order valence-electron chi connectivity index (χ1n) is 8.57. The molecule has 1 aliphatic heterocycles. The third-order valence-corrected chi connectivity index (χ3v) is 5.57. The minimum Gasteiger partial charge on any atom is -0.465 e. The summed E-state index contributed by atoms with van der Waals surface area (Å²) in [6.45, 7) is 0. The number of hydrogen-bond donors (Lipinski definition) is 0.